The van der Waals surface area contributed by atoms with Crippen LogP contribution >= 0.6 is 0 Å². The minimum atomic E-state index is -0.471. The number of hydrogen-bond donors (Lipinski definition) is 2. The number of aromatic nitrogens is 2. The number of hydrogen-bond acceptors (Lipinski definition) is 4. The van der Waals surface area contributed by atoms with E-state index in [9.17, 15) is 4.79 Å². The molecule has 0 saturated carbocycles. The van der Waals surface area contributed by atoms with Crippen LogP contribution in [0.3, 0.4) is 0 Å². The number of nitrogens with one attached hydrogen (secondary N) is 1. The molecule has 0 fully saturated rings. The zero-order chi connectivity index (χ0) is 13.1. The fourth-order valence-electron chi connectivity index (χ4n) is 1.30. The van der Waals surface area contributed by atoms with E-state index in [2.05, 4.69) is 10.3 Å². The highest BCUT2D eigenvalue weighted by atomic mass is 16.6. The molecular weight excluding hydrogens is 220 g/mol. The number of ether oxygens (including phenoxy) is 1. The van der Waals surface area contributed by atoms with Gasteiger partial charge in [-0.2, -0.15) is 0 Å². The third-order valence-electron chi connectivity index (χ3n) is 2.17. The maximum absolute atomic E-state index is 11.4. The van der Waals surface area contributed by atoms with Gasteiger partial charge in [0.25, 0.3) is 0 Å². The average molecular weight is 240 g/mol. The number of nitrogens with zero attached hydrogens (tertiary/aromatic N) is 2. The van der Waals surface area contributed by atoms with E-state index in [1.165, 1.54) is 0 Å². The fourth-order valence-corrected chi connectivity index (χ4v) is 1.30. The molecule has 1 heterocycles. The molecule has 17 heavy (non-hydrogen) atoms. The van der Waals surface area contributed by atoms with E-state index >= 15 is 0 Å². The van der Waals surface area contributed by atoms with Crippen molar-refractivity contribution in [3.63, 3.8) is 0 Å². The number of nitrogens with two attached hydrogens (primary N) is 1. The van der Waals surface area contributed by atoms with Gasteiger partial charge in [-0.3, -0.25) is 0 Å². The van der Waals surface area contributed by atoms with Crippen LogP contribution < -0.4 is 11.1 Å². The SMILES string of the molecule is Cn1c(CCNC(=O)OC(C)(C)C)cnc1N. The molecule has 0 atom stereocenters. The Morgan fingerprint density at radius 3 is 2.71 bits per heavy atom. The predicted octanol–water partition coefficient (Wildman–Crippen LogP) is 1.07. The molecule has 96 valence electrons. The summed E-state index contributed by atoms with van der Waals surface area (Å²) in [6.07, 6.45) is 1.96. The first-order chi connectivity index (χ1) is 7.79. The summed E-state index contributed by atoms with van der Waals surface area (Å²) < 4.78 is 6.90. The molecule has 3 N–H and O–H groups in total. The Labute approximate surface area is 101 Å². The van der Waals surface area contributed by atoms with E-state index < -0.39 is 11.7 Å². The van der Waals surface area contributed by atoms with E-state index in [-0.39, 0.29) is 0 Å². The first-order valence-corrected chi connectivity index (χ1v) is 5.52. The van der Waals surface area contributed by atoms with Crippen LogP contribution in [0, 0.1) is 0 Å². The second kappa shape index (κ2) is 5.07. The van der Waals surface area contributed by atoms with Crippen LogP contribution in [-0.2, 0) is 18.2 Å². The number of rotatable bonds is 3. The molecule has 0 radical (unpaired) electrons. The Balaban J connectivity index is 2.34. The number of carbonyl (C=O) groups excluding carboxylic acids is 1. The van der Waals surface area contributed by atoms with Gasteiger partial charge in [0.2, 0.25) is 0 Å². The van der Waals surface area contributed by atoms with Crippen LogP contribution in [0.4, 0.5) is 10.7 Å². The molecule has 1 aromatic heterocycles. The summed E-state index contributed by atoms with van der Waals surface area (Å²) in [6, 6.07) is 0. The van der Waals surface area contributed by atoms with E-state index in [0.29, 0.717) is 18.9 Å². The zero-order valence-electron chi connectivity index (χ0n) is 10.8. The van der Waals surface area contributed by atoms with E-state index in [0.717, 1.165) is 5.69 Å². The van der Waals surface area contributed by atoms with Crippen molar-refractivity contribution in [3.05, 3.63) is 11.9 Å². The molecule has 1 aromatic rings. The van der Waals surface area contributed by atoms with Crippen LogP contribution in [0.25, 0.3) is 0 Å². The summed E-state index contributed by atoms with van der Waals surface area (Å²) in [5.74, 6) is 0.470. The molecule has 0 aliphatic heterocycles. The maximum atomic E-state index is 11.4. The Bertz CT molecular complexity index is 393. The van der Waals surface area contributed by atoms with Gasteiger partial charge in [0.05, 0.1) is 6.20 Å². The molecule has 0 unspecified atom stereocenters. The minimum absolute atomic E-state index is 0.410. The van der Waals surface area contributed by atoms with Crippen LogP contribution in [0.1, 0.15) is 26.5 Å². The Kier molecular flexibility index (Phi) is 3.98. The number of imidazole rings is 1. The summed E-state index contributed by atoms with van der Waals surface area (Å²) in [5, 5.41) is 2.68. The van der Waals surface area contributed by atoms with Gasteiger partial charge < -0.3 is 20.4 Å². The Hall–Kier alpha value is -1.72. The maximum Gasteiger partial charge on any atom is 0.407 e. The molecule has 0 spiro atoms. The largest absolute Gasteiger partial charge is 0.444 e. The lowest BCUT2D eigenvalue weighted by molar-refractivity contribution is 0.0528. The van der Waals surface area contributed by atoms with Crippen molar-refractivity contribution in [3.8, 4) is 0 Å². The number of anilines is 1. The van der Waals surface area contributed by atoms with E-state index in [1.807, 2.05) is 27.8 Å². The standard InChI is InChI=1S/C11H20N4O2/c1-11(2,3)17-10(16)13-6-5-8-7-14-9(12)15(8)4/h7H,5-6H2,1-4H3,(H2,12,14)(H,13,16). The number of alkyl carbamates (subject to hydrolysis) is 1. The highest BCUT2D eigenvalue weighted by Crippen LogP contribution is 2.07. The molecule has 0 bridgehead atoms. The van der Waals surface area contributed by atoms with Crippen LogP contribution in [0.15, 0.2) is 6.20 Å². The van der Waals surface area contributed by atoms with Gasteiger partial charge in [0.1, 0.15) is 5.60 Å². The average Bonchev–Trinajstić information content (AvgIpc) is 2.46. The smallest absolute Gasteiger partial charge is 0.407 e. The highest BCUT2D eigenvalue weighted by Gasteiger charge is 2.15. The molecule has 0 aromatic carbocycles. The second-order valence-electron chi connectivity index (χ2n) is 4.85. The van der Waals surface area contributed by atoms with Gasteiger partial charge in [0.15, 0.2) is 5.95 Å². The molecule has 6 nitrogen and oxygen atoms in total. The first-order valence-electron chi connectivity index (χ1n) is 5.52. The second-order valence-corrected chi connectivity index (χ2v) is 4.85. The van der Waals surface area contributed by atoms with Crippen molar-refractivity contribution >= 4 is 12.0 Å². The number of nitrogen functional groups attached to an aromatic ring is 1. The highest BCUT2D eigenvalue weighted by molar-refractivity contribution is 5.67. The van der Waals surface area contributed by atoms with Crippen molar-refractivity contribution in [2.75, 3.05) is 12.3 Å². The van der Waals surface area contributed by atoms with Gasteiger partial charge in [-0.05, 0) is 20.8 Å². The molecular formula is C11H20N4O2. The van der Waals surface area contributed by atoms with Gasteiger partial charge in [-0.1, -0.05) is 0 Å². The molecule has 1 rings (SSSR count). The number of carbonyl (C=O) groups is 1. The van der Waals surface area contributed by atoms with Crippen LogP contribution in [0.2, 0.25) is 0 Å². The zero-order valence-corrected chi connectivity index (χ0v) is 10.8. The lowest BCUT2D eigenvalue weighted by Gasteiger charge is -2.19. The van der Waals surface area contributed by atoms with Crippen molar-refractivity contribution < 1.29 is 9.53 Å². The normalized spacial score (nSPS) is 11.3. The summed E-state index contributed by atoms with van der Waals surface area (Å²) in [5.41, 5.74) is 6.09. The first kappa shape index (κ1) is 13.3. The molecule has 6 heteroatoms. The molecule has 0 aliphatic carbocycles. The fraction of sp³-hybridized carbons (Fsp3) is 0.636. The Morgan fingerprint density at radius 1 is 1.59 bits per heavy atom. The van der Waals surface area contributed by atoms with Gasteiger partial charge in [-0.15, -0.1) is 0 Å². The van der Waals surface area contributed by atoms with Crippen molar-refractivity contribution in [2.45, 2.75) is 32.8 Å². The van der Waals surface area contributed by atoms with E-state index in [1.54, 1.807) is 10.8 Å². The Morgan fingerprint density at radius 2 is 2.24 bits per heavy atom. The lowest BCUT2D eigenvalue weighted by Crippen LogP contribution is -2.33. The molecule has 1 amide bonds. The van der Waals surface area contributed by atoms with Crippen molar-refractivity contribution in [2.24, 2.45) is 7.05 Å². The van der Waals surface area contributed by atoms with Gasteiger partial charge in [0, 0.05) is 25.7 Å². The summed E-state index contributed by atoms with van der Waals surface area (Å²) in [7, 11) is 1.84. The van der Waals surface area contributed by atoms with Gasteiger partial charge >= 0.3 is 6.09 Å². The van der Waals surface area contributed by atoms with Crippen LogP contribution in [-0.4, -0.2) is 27.8 Å². The summed E-state index contributed by atoms with van der Waals surface area (Å²) in [6.45, 7) is 5.98. The number of amides is 1. The predicted molar refractivity (Wildman–Crippen MR) is 65.6 cm³/mol. The summed E-state index contributed by atoms with van der Waals surface area (Å²) in [4.78, 5) is 15.3. The monoisotopic (exact) mass is 240 g/mol. The summed E-state index contributed by atoms with van der Waals surface area (Å²) >= 11 is 0. The minimum Gasteiger partial charge on any atom is -0.444 e. The van der Waals surface area contributed by atoms with E-state index in [4.69, 9.17) is 10.5 Å². The molecule has 0 saturated heterocycles. The quantitative estimate of drug-likeness (QED) is 0.828. The molecule has 0 aliphatic rings. The van der Waals surface area contributed by atoms with Gasteiger partial charge in [-0.25, -0.2) is 9.78 Å². The lowest BCUT2D eigenvalue weighted by atomic mass is 10.2. The topological polar surface area (TPSA) is 82.2 Å². The third-order valence-corrected chi connectivity index (χ3v) is 2.17. The van der Waals surface area contributed by atoms with Crippen LogP contribution in [0.5, 0.6) is 0 Å². The third kappa shape index (κ3) is 4.34. The van der Waals surface area contributed by atoms with Crippen molar-refractivity contribution in [1.82, 2.24) is 14.9 Å². The van der Waals surface area contributed by atoms with Crippen molar-refractivity contribution in [1.29, 1.82) is 0 Å².